The Hall–Kier alpha value is -4.26. The number of nitrogen functional groups attached to an aromatic ring is 1. The third-order valence-corrected chi connectivity index (χ3v) is 4.54. The molecule has 0 unspecified atom stereocenters. The molecule has 3 N–H and O–H groups in total. The lowest BCUT2D eigenvalue weighted by Gasteiger charge is -2.11. The first-order valence-corrected chi connectivity index (χ1v) is 9.84. The van der Waals surface area contributed by atoms with Gasteiger partial charge in [0.05, 0.1) is 11.3 Å². The number of nitrogens with two attached hydrogens (primary N) is 1. The average molecular weight is 411 g/mol. The van der Waals surface area contributed by atoms with Crippen LogP contribution >= 0.6 is 0 Å². The standard InChI is InChI=1S/C24H21N5O2/c1-2-22-26-14-12-21(29-22)20-7-4-13-27-24(20)31-19-10-8-18(9-11-19)28-23(30)16-5-3-6-17(25)15-16/h3-15H,2,25H2,1H3,(H,28,30). The van der Waals surface area contributed by atoms with E-state index in [0.717, 1.165) is 23.5 Å². The Balaban J connectivity index is 1.50. The summed E-state index contributed by atoms with van der Waals surface area (Å²) in [5.74, 6) is 1.56. The van der Waals surface area contributed by atoms with Crippen LogP contribution in [0.3, 0.4) is 0 Å². The van der Waals surface area contributed by atoms with Crippen LogP contribution in [-0.2, 0) is 6.42 Å². The van der Waals surface area contributed by atoms with Crippen molar-refractivity contribution in [1.29, 1.82) is 0 Å². The number of carbonyl (C=O) groups is 1. The lowest BCUT2D eigenvalue weighted by atomic mass is 10.2. The fraction of sp³-hybridized carbons (Fsp3) is 0.0833. The first-order valence-electron chi connectivity index (χ1n) is 9.84. The van der Waals surface area contributed by atoms with Crippen molar-refractivity contribution in [2.75, 3.05) is 11.1 Å². The number of hydrogen-bond acceptors (Lipinski definition) is 6. The van der Waals surface area contributed by atoms with E-state index in [1.165, 1.54) is 0 Å². The Morgan fingerprint density at radius 3 is 2.61 bits per heavy atom. The maximum atomic E-state index is 12.4. The highest BCUT2D eigenvalue weighted by Crippen LogP contribution is 2.30. The summed E-state index contributed by atoms with van der Waals surface area (Å²) in [7, 11) is 0. The molecule has 31 heavy (non-hydrogen) atoms. The van der Waals surface area contributed by atoms with Crippen LogP contribution in [0.25, 0.3) is 11.3 Å². The number of amides is 1. The molecule has 0 spiro atoms. The van der Waals surface area contributed by atoms with Crippen molar-refractivity contribution in [2.24, 2.45) is 0 Å². The number of aromatic nitrogens is 3. The van der Waals surface area contributed by atoms with E-state index in [1.54, 1.807) is 60.9 Å². The lowest BCUT2D eigenvalue weighted by molar-refractivity contribution is 0.102. The van der Waals surface area contributed by atoms with Gasteiger partial charge in [-0.05, 0) is 60.7 Å². The molecule has 4 aromatic rings. The summed E-state index contributed by atoms with van der Waals surface area (Å²) < 4.78 is 6.00. The van der Waals surface area contributed by atoms with Crippen LogP contribution in [0.2, 0.25) is 0 Å². The molecule has 2 aromatic heterocycles. The number of ether oxygens (including phenoxy) is 1. The van der Waals surface area contributed by atoms with Crippen molar-refractivity contribution in [1.82, 2.24) is 15.0 Å². The molecule has 2 aromatic carbocycles. The Bertz CT molecular complexity index is 1210. The zero-order valence-corrected chi connectivity index (χ0v) is 16.9. The molecule has 0 radical (unpaired) electrons. The van der Waals surface area contributed by atoms with Gasteiger partial charge in [0.1, 0.15) is 11.6 Å². The van der Waals surface area contributed by atoms with E-state index < -0.39 is 0 Å². The highest BCUT2D eigenvalue weighted by Gasteiger charge is 2.11. The fourth-order valence-corrected chi connectivity index (χ4v) is 2.99. The SMILES string of the molecule is CCc1nccc(-c2cccnc2Oc2ccc(NC(=O)c3cccc(N)c3)cc2)n1. The Kier molecular flexibility index (Phi) is 5.84. The molecule has 154 valence electrons. The van der Waals surface area contributed by atoms with Crippen LogP contribution in [0.15, 0.2) is 79.1 Å². The second kappa shape index (κ2) is 9.04. The zero-order valence-electron chi connectivity index (χ0n) is 16.9. The molecule has 4 rings (SSSR count). The van der Waals surface area contributed by atoms with Crippen LogP contribution in [0.4, 0.5) is 11.4 Å². The predicted molar refractivity (Wildman–Crippen MR) is 120 cm³/mol. The number of nitrogens with one attached hydrogen (secondary N) is 1. The van der Waals surface area contributed by atoms with E-state index in [2.05, 4.69) is 20.3 Å². The van der Waals surface area contributed by atoms with E-state index in [0.29, 0.717) is 28.6 Å². The molecule has 0 aliphatic heterocycles. The van der Waals surface area contributed by atoms with Crippen molar-refractivity contribution in [2.45, 2.75) is 13.3 Å². The number of aryl methyl sites for hydroxylation is 1. The van der Waals surface area contributed by atoms with Crippen molar-refractivity contribution in [3.63, 3.8) is 0 Å². The first-order chi connectivity index (χ1) is 15.1. The highest BCUT2D eigenvalue weighted by atomic mass is 16.5. The van der Waals surface area contributed by atoms with Gasteiger partial charge < -0.3 is 15.8 Å². The quantitative estimate of drug-likeness (QED) is 0.445. The number of carbonyl (C=O) groups excluding carboxylic acids is 1. The van der Waals surface area contributed by atoms with Gasteiger partial charge in [-0.3, -0.25) is 4.79 Å². The number of hydrogen-bond donors (Lipinski definition) is 2. The van der Waals surface area contributed by atoms with Gasteiger partial charge in [-0.25, -0.2) is 15.0 Å². The average Bonchev–Trinajstić information content (AvgIpc) is 2.81. The van der Waals surface area contributed by atoms with Crippen molar-refractivity contribution in [3.8, 4) is 22.9 Å². The fourth-order valence-electron chi connectivity index (χ4n) is 2.99. The molecule has 0 fully saturated rings. The molecule has 0 atom stereocenters. The topological polar surface area (TPSA) is 103 Å². The second-order valence-corrected chi connectivity index (χ2v) is 6.77. The second-order valence-electron chi connectivity index (χ2n) is 6.77. The van der Waals surface area contributed by atoms with Crippen LogP contribution in [-0.4, -0.2) is 20.9 Å². The van der Waals surface area contributed by atoms with E-state index >= 15 is 0 Å². The lowest BCUT2D eigenvalue weighted by Crippen LogP contribution is -2.11. The third-order valence-electron chi connectivity index (χ3n) is 4.54. The smallest absolute Gasteiger partial charge is 0.255 e. The molecular weight excluding hydrogens is 390 g/mol. The molecule has 7 nitrogen and oxygen atoms in total. The van der Waals surface area contributed by atoms with Crippen molar-refractivity contribution < 1.29 is 9.53 Å². The van der Waals surface area contributed by atoms with Crippen LogP contribution in [0.1, 0.15) is 23.1 Å². The van der Waals surface area contributed by atoms with Crippen LogP contribution < -0.4 is 15.8 Å². The van der Waals surface area contributed by atoms with Crippen molar-refractivity contribution in [3.05, 3.63) is 90.5 Å². The zero-order chi connectivity index (χ0) is 21.6. The van der Waals surface area contributed by atoms with Gasteiger partial charge in [-0.1, -0.05) is 13.0 Å². The molecule has 7 heteroatoms. The Morgan fingerprint density at radius 1 is 1.00 bits per heavy atom. The first kappa shape index (κ1) is 20.0. The number of anilines is 2. The third kappa shape index (κ3) is 4.84. The van der Waals surface area contributed by atoms with E-state index in [9.17, 15) is 4.79 Å². The summed E-state index contributed by atoms with van der Waals surface area (Å²) in [5, 5.41) is 2.84. The Labute approximate surface area is 180 Å². The van der Waals surface area contributed by atoms with E-state index in [-0.39, 0.29) is 5.91 Å². The molecule has 0 saturated carbocycles. The normalized spacial score (nSPS) is 10.5. The largest absolute Gasteiger partial charge is 0.438 e. The number of benzene rings is 2. The summed E-state index contributed by atoms with van der Waals surface area (Å²) in [4.78, 5) is 25.5. The van der Waals surface area contributed by atoms with Gasteiger partial charge in [0.2, 0.25) is 5.88 Å². The molecule has 2 heterocycles. The van der Waals surface area contributed by atoms with Gasteiger partial charge >= 0.3 is 0 Å². The van der Waals surface area contributed by atoms with E-state index in [1.807, 2.05) is 25.1 Å². The summed E-state index contributed by atoms with van der Waals surface area (Å²) in [6.45, 7) is 2.01. The number of nitrogens with zero attached hydrogens (tertiary/aromatic N) is 3. The maximum Gasteiger partial charge on any atom is 0.255 e. The van der Waals surface area contributed by atoms with Gasteiger partial charge in [0.25, 0.3) is 5.91 Å². The predicted octanol–water partition coefficient (Wildman–Crippen LogP) is 4.73. The minimum atomic E-state index is -0.233. The maximum absolute atomic E-state index is 12.4. The molecule has 0 aliphatic rings. The van der Waals surface area contributed by atoms with E-state index in [4.69, 9.17) is 10.5 Å². The minimum Gasteiger partial charge on any atom is -0.438 e. The molecule has 1 amide bonds. The molecule has 0 bridgehead atoms. The highest BCUT2D eigenvalue weighted by molar-refractivity contribution is 6.04. The molecule has 0 saturated heterocycles. The summed E-state index contributed by atoms with van der Waals surface area (Å²) in [6, 6.07) is 19.5. The summed E-state index contributed by atoms with van der Waals surface area (Å²) >= 11 is 0. The monoisotopic (exact) mass is 411 g/mol. The van der Waals surface area contributed by atoms with Gasteiger partial charge in [-0.15, -0.1) is 0 Å². The van der Waals surface area contributed by atoms with Gasteiger partial charge in [-0.2, -0.15) is 0 Å². The summed E-state index contributed by atoms with van der Waals surface area (Å²) in [5.41, 5.74) is 8.95. The summed E-state index contributed by atoms with van der Waals surface area (Å²) in [6.07, 6.45) is 4.14. The van der Waals surface area contributed by atoms with Crippen LogP contribution in [0, 0.1) is 0 Å². The van der Waals surface area contributed by atoms with Gasteiger partial charge in [0, 0.05) is 35.8 Å². The molecule has 0 aliphatic carbocycles. The number of pyridine rings is 1. The molecular formula is C24H21N5O2. The van der Waals surface area contributed by atoms with Crippen molar-refractivity contribution >= 4 is 17.3 Å². The van der Waals surface area contributed by atoms with Gasteiger partial charge in [0.15, 0.2) is 0 Å². The Morgan fingerprint density at radius 2 is 1.84 bits per heavy atom. The number of rotatable bonds is 6. The minimum absolute atomic E-state index is 0.233. The van der Waals surface area contributed by atoms with Crippen LogP contribution in [0.5, 0.6) is 11.6 Å².